The van der Waals surface area contributed by atoms with E-state index < -0.39 is 5.97 Å². The lowest BCUT2D eigenvalue weighted by Crippen LogP contribution is -2.63. The van der Waals surface area contributed by atoms with Crippen molar-refractivity contribution in [2.45, 2.75) is 124 Å². The van der Waals surface area contributed by atoms with Crippen molar-refractivity contribution in [2.24, 2.45) is 51.8 Å². The summed E-state index contributed by atoms with van der Waals surface area (Å²) in [5, 5.41) is 13.5. The Balaban J connectivity index is 1.28. The van der Waals surface area contributed by atoms with Crippen LogP contribution in [0.4, 0.5) is 0 Å². The fourth-order valence-electron chi connectivity index (χ4n) is 12.3. The number of carbonyl (C=O) groups is 1. The Morgan fingerprint density at radius 2 is 1.73 bits per heavy atom. The van der Waals surface area contributed by atoms with Crippen molar-refractivity contribution in [3.05, 3.63) is 23.3 Å². The molecule has 9 atom stereocenters. The van der Waals surface area contributed by atoms with Crippen LogP contribution in [0.25, 0.3) is 0 Å². The molecule has 3 heteroatoms. The molecular formula is C34H53NO2. The number of allylic oxidation sites excluding steroid dienone is 4. The van der Waals surface area contributed by atoms with E-state index in [-0.39, 0.29) is 11.3 Å². The molecule has 0 bridgehead atoms. The van der Waals surface area contributed by atoms with Gasteiger partial charge in [-0.2, -0.15) is 0 Å². The third kappa shape index (κ3) is 3.71. The van der Waals surface area contributed by atoms with E-state index >= 15 is 0 Å². The predicted molar refractivity (Wildman–Crippen MR) is 151 cm³/mol. The lowest BCUT2D eigenvalue weighted by molar-refractivity contribution is -0.175. The van der Waals surface area contributed by atoms with Crippen LogP contribution in [0.1, 0.15) is 118 Å². The maximum absolute atomic E-state index is 11.5. The van der Waals surface area contributed by atoms with E-state index in [1.807, 2.05) is 0 Å². The molecular weight excluding hydrogens is 454 g/mol. The summed E-state index contributed by atoms with van der Waals surface area (Å²) < 4.78 is 0. The highest BCUT2D eigenvalue weighted by Crippen LogP contribution is 2.72. The van der Waals surface area contributed by atoms with Crippen molar-refractivity contribution in [3.63, 3.8) is 0 Å². The van der Waals surface area contributed by atoms with Crippen LogP contribution in [0.3, 0.4) is 0 Å². The topological polar surface area (TPSA) is 49.3 Å². The van der Waals surface area contributed by atoms with E-state index in [1.165, 1.54) is 69.8 Å². The third-order valence-electron chi connectivity index (χ3n) is 13.7. The fraction of sp³-hybridized carbons (Fsp3) is 0.853. The zero-order valence-corrected chi connectivity index (χ0v) is 24.4. The number of carboxylic acids is 1. The molecule has 2 N–H and O–H groups in total. The van der Waals surface area contributed by atoms with Crippen molar-refractivity contribution in [1.29, 1.82) is 0 Å². The number of aliphatic carboxylic acids is 1. The summed E-state index contributed by atoms with van der Waals surface area (Å²) in [5.41, 5.74) is 4.54. The van der Waals surface area contributed by atoms with Crippen LogP contribution < -0.4 is 5.32 Å². The quantitative estimate of drug-likeness (QED) is 0.403. The number of hydrogen-bond acceptors (Lipinski definition) is 2. The van der Waals surface area contributed by atoms with Crippen molar-refractivity contribution in [2.75, 3.05) is 6.54 Å². The zero-order valence-electron chi connectivity index (χ0n) is 24.4. The second-order valence-corrected chi connectivity index (χ2v) is 15.3. The second kappa shape index (κ2) is 8.97. The molecule has 3 nitrogen and oxygen atoms in total. The molecule has 8 unspecified atom stereocenters. The summed E-state index contributed by atoms with van der Waals surface area (Å²) in [5.74, 6) is 3.52. The van der Waals surface area contributed by atoms with E-state index in [1.54, 1.807) is 5.57 Å². The van der Waals surface area contributed by atoms with Crippen LogP contribution in [0.15, 0.2) is 23.3 Å². The Hall–Kier alpha value is -1.09. The molecule has 0 aromatic rings. The van der Waals surface area contributed by atoms with Crippen molar-refractivity contribution >= 4 is 5.97 Å². The van der Waals surface area contributed by atoms with Crippen LogP contribution in [-0.2, 0) is 4.79 Å². The van der Waals surface area contributed by atoms with Gasteiger partial charge in [-0.1, -0.05) is 53.2 Å². The number of fused-ring (bicyclic) bond motifs is 7. The SMILES string of the molecule is CCNC12CCC[C@@H]1C1CCC3C(C)(CCC4C(C)(C)C(C5=CCC(C(=O)O)CC5)=CCC43C)C1CC2. The molecule has 6 aliphatic carbocycles. The molecule has 0 aromatic heterocycles. The summed E-state index contributed by atoms with van der Waals surface area (Å²) in [6.07, 6.45) is 21.4. The van der Waals surface area contributed by atoms with Crippen molar-refractivity contribution in [1.82, 2.24) is 5.32 Å². The summed E-state index contributed by atoms with van der Waals surface area (Å²) in [6.45, 7) is 13.9. The Kier molecular flexibility index (Phi) is 6.34. The van der Waals surface area contributed by atoms with Gasteiger partial charge in [0, 0.05) is 5.54 Å². The minimum absolute atomic E-state index is 0.172. The largest absolute Gasteiger partial charge is 0.481 e. The van der Waals surface area contributed by atoms with Gasteiger partial charge in [0.15, 0.2) is 0 Å². The summed E-state index contributed by atoms with van der Waals surface area (Å²) in [6, 6.07) is 0. The van der Waals surface area contributed by atoms with Crippen LogP contribution in [0.2, 0.25) is 0 Å². The molecule has 4 saturated carbocycles. The van der Waals surface area contributed by atoms with Crippen LogP contribution >= 0.6 is 0 Å². The lowest BCUT2D eigenvalue weighted by atomic mass is 9.37. The first-order valence-corrected chi connectivity index (χ1v) is 15.9. The monoisotopic (exact) mass is 507 g/mol. The van der Waals surface area contributed by atoms with Crippen LogP contribution in [-0.4, -0.2) is 23.2 Å². The smallest absolute Gasteiger partial charge is 0.306 e. The maximum atomic E-state index is 11.5. The number of nitrogens with one attached hydrogen (secondary N) is 1. The molecule has 4 fully saturated rings. The molecule has 0 aliphatic heterocycles. The minimum Gasteiger partial charge on any atom is -0.481 e. The Bertz CT molecular complexity index is 994. The predicted octanol–water partition coefficient (Wildman–Crippen LogP) is 8.16. The van der Waals surface area contributed by atoms with E-state index in [2.05, 4.69) is 52.1 Å². The average Bonchev–Trinajstić information content (AvgIpc) is 3.28. The van der Waals surface area contributed by atoms with Gasteiger partial charge in [0.25, 0.3) is 0 Å². The summed E-state index contributed by atoms with van der Waals surface area (Å²) >= 11 is 0. The van der Waals surface area contributed by atoms with Crippen molar-refractivity contribution < 1.29 is 9.90 Å². The van der Waals surface area contributed by atoms with Gasteiger partial charge in [-0.3, -0.25) is 4.79 Å². The number of hydrogen-bond donors (Lipinski definition) is 2. The molecule has 37 heavy (non-hydrogen) atoms. The van der Waals surface area contributed by atoms with Gasteiger partial charge in [-0.05, 0) is 141 Å². The molecule has 6 rings (SSSR count). The van der Waals surface area contributed by atoms with Gasteiger partial charge in [-0.15, -0.1) is 0 Å². The zero-order chi connectivity index (χ0) is 26.2. The van der Waals surface area contributed by atoms with Gasteiger partial charge in [0.1, 0.15) is 0 Å². The molecule has 0 aromatic carbocycles. The minimum atomic E-state index is -0.620. The van der Waals surface area contributed by atoms with Gasteiger partial charge >= 0.3 is 5.97 Å². The molecule has 0 saturated heterocycles. The maximum Gasteiger partial charge on any atom is 0.306 e. The van der Waals surface area contributed by atoms with E-state index in [9.17, 15) is 9.90 Å². The highest BCUT2D eigenvalue weighted by molar-refractivity contribution is 5.70. The molecule has 0 spiro atoms. The first-order chi connectivity index (χ1) is 17.6. The molecule has 0 heterocycles. The third-order valence-corrected chi connectivity index (χ3v) is 13.7. The standard InChI is InChI=1S/C34H53NO2/c1-6-35-34-18-7-8-27(34)24-13-14-29-32(4,26(24)16-21-34)20-17-28-31(2,3)25(15-19-33(28,29)5)22-9-11-23(12-10-22)30(36)37/h9,15,23-24,26-29,35H,6-8,10-14,16-21H2,1-5H3,(H,36,37)/t23?,24?,26?,27-,28?,29?,32?,33?,34?/m1/s1. The highest BCUT2D eigenvalue weighted by Gasteiger charge is 2.65. The van der Waals surface area contributed by atoms with E-state index in [0.29, 0.717) is 22.8 Å². The molecule has 6 aliphatic rings. The van der Waals surface area contributed by atoms with Crippen LogP contribution in [0.5, 0.6) is 0 Å². The summed E-state index contributed by atoms with van der Waals surface area (Å²) in [4.78, 5) is 11.5. The fourth-order valence-corrected chi connectivity index (χ4v) is 12.3. The summed E-state index contributed by atoms with van der Waals surface area (Å²) in [7, 11) is 0. The second-order valence-electron chi connectivity index (χ2n) is 15.3. The van der Waals surface area contributed by atoms with Crippen LogP contribution in [0, 0.1) is 51.8 Å². The number of carboxylic acid groups (broad SMARTS) is 1. The first kappa shape index (κ1) is 26.1. The molecule has 206 valence electrons. The van der Waals surface area contributed by atoms with Gasteiger partial charge in [-0.25, -0.2) is 0 Å². The van der Waals surface area contributed by atoms with E-state index in [0.717, 1.165) is 49.0 Å². The molecule has 0 amide bonds. The lowest BCUT2D eigenvalue weighted by Gasteiger charge is -2.68. The molecule has 0 radical (unpaired) electrons. The Morgan fingerprint density at radius 1 is 0.919 bits per heavy atom. The van der Waals surface area contributed by atoms with E-state index in [4.69, 9.17) is 0 Å². The Morgan fingerprint density at radius 3 is 2.43 bits per heavy atom. The van der Waals surface area contributed by atoms with Gasteiger partial charge in [0.2, 0.25) is 0 Å². The first-order valence-electron chi connectivity index (χ1n) is 15.9. The number of rotatable bonds is 4. The Labute approximate surface area is 226 Å². The normalized spacial score (nSPS) is 48.6. The highest BCUT2D eigenvalue weighted by atomic mass is 16.4. The average molecular weight is 508 g/mol. The van der Waals surface area contributed by atoms with Gasteiger partial charge in [0.05, 0.1) is 5.92 Å². The van der Waals surface area contributed by atoms with Crippen molar-refractivity contribution in [3.8, 4) is 0 Å². The van der Waals surface area contributed by atoms with Gasteiger partial charge < -0.3 is 10.4 Å².